The number of benzene rings is 2. The molecule has 0 bridgehead atoms. The minimum absolute atomic E-state index is 0.00364. The number of methoxy groups -OCH3 is 1. The zero-order valence-electron chi connectivity index (χ0n) is 15.8. The first-order chi connectivity index (χ1) is 13.0. The molecule has 0 heterocycles. The molecule has 28 heavy (non-hydrogen) atoms. The Labute approximate surface area is 162 Å². The van der Waals surface area contributed by atoms with Crippen LogP contribution in [0.1, 0.15) is 29.8 Å². The lowest BCUT2D eigenvalue weighted by molar-refractivity contribution is -0.385. The van der Waals surface area contributed by atoms with E-state index in [1.807, 2.05) is 0 Å². The second-order valence-corrected chi connectivity index (χ2v) is 7.86. The summed E-state index contributed by atoms with van der Waals surface area (Å²) in [6, 6.07) is 7.73. The molecule has 0 aliphatic rings. The van der Waals surface area contributed by atoms with Gasteiger partial charge in [-0.1, -0.05) is 6.07 Å². The van der Waals surface area contributed by atoms with Crippen LogP contribution in [-0.4, -0.2) is 32.5 Å². The van der Waals surface area contributed by atoms with E-state index < -0.39 is 20.9 Å². The minimum atomic E-state index is -4.17. The summed E-state index contributed by atoms with van der Waals surface area (Å²) in [5.74, 6) is -0.449. The maximum absolute atomic E-state index is 12.7. The third-order valence-corrected chi connectivity index (χ3v) is 5.07. The van der Waals surface area contributed by atoms with E-state index in [0.717, 1.165) is 6.07 Å². The summed E-state index contributed by atoms with van der Waals surface area (Å²) in [7, 11) is -2.83. The molecule has 2 aromatic rings. The van der Waals surface area contributed by atoms with Crippen LogP contribution in [0.4, 0.5) is 11.4 Å². The highest BCUT2D eigenvalue weighted by Gasteiger charge is 2.22. The van der Waals surface area contributed by atoms with E-state index in [4.69, 9.17) is 9.47 Å². The molecule has 0 saturated carbocycles. The van der Waals surface area contributed by atoms with Gasteiger partial charge in [0.05, 0.1) is 34.3 Å². The number of rotatable bonds is 7. The van der Waals surface area contributed by atoms with Crippen LogP contribution in [0.15, 0.2) is 41.3 Å². The third-order valence-electron chi connectivity index (χ3n) is 3.71. The van der Waals surface area contributed by atoms with Gasteiger partial charge < -0.3 is 9.47 Å². The summed E-state index contributed by atoms with van der Waals surface area (Å²) in [5.41, 5.74) is 0.148. The van der Waals surface area contributed by atoms with Gasteiger partial charge in [0, 0.05) is 11.6 Å². The third kappa shape index (κ3) is 4.77. The van der Waals surface area contributed by atoms with E-state index in [9.17, 15) is 23.3 Å². The first kappa shape index (κ1) is 21.2. The van der Waals surface area contributed by atoms with Crippen LogP contribution in [0, 0.1) is 17.0 Å². The van der Waals surface area contributed by atoms with E-state index in [1.165, 1.54) is 44.4 Å². The topological polar surface area (TPSA) is 125 Å². The van der Waals surface area contributed by atoms with Crippen LogP contribution in [0.5, 0.6) is 5.75 Å². The monoisotopic (exact) mass is 408 g/mol. The number of hydrogen-bond acceptors (Lipinski definition) is 7. The first-order valence-corrected chi connectivity index (χ1v) is 9.70. The highest BCUT2D eigenvalue weighted by molar-refractivity contribution is 7.92. The normalized spacial score (nSPS) is 11.2. The van der Waals surface area contributed by atoms with Gasteiger partial charge in [0.2, 0.25) is 0 Å². The van der Waals surface area contributed by atoms with Crippen LogP contribution in [-0.2, 0) is 14.8 Å². The van der Waals surface area contributed by atoms with Gasteiger partial charge in [-0.2, -0.15) is 0 Å². The molecule has 0 amide bonds. The Morgan fingerprint density at radius 2 is 1.86 bits per heavy atom. The molecule has 0 aliphatic carbocycles. The number of nitrogens with one attached hydrogen (secondary N) is 1. The van der Waals surface area contributed by atoms with Crippen LogP contribution < -0.4 is 9.46 Å². The van der Waals surface area contributed by atoms with Crippen LogP contribution in [0.2, 0.25) is 0 Å². The number of nitro benzene ring substituents is 1. The second kappa shape index (κ2) is 8.26. The second-order valence-electron chi connectivity index (χ2n) is 6.18. The minimum Gasteiger partial charge on any atom is -0.495 e. The van der Waals surface area contributed by atoms with Crippen LogP contribution >= 0.6 is 0 Å². The fraction of sp³-hybridized carbons (Fsp3) is 0.278. The predicted octanol–water partition coefficient (Wildman–Crippen LogP) is 3.28. The predicted molar refractivity (Wildman–Crippen MR) is 102 cm³/mol. The number of hydrogen-bond donors (Lipinski definition) is 1. The van der Waals surface area contributed by atoms with Crippen molar-refractivity contribution < 1.29 is 27.6 Å². The van der Waals surface area contributed by atoms with Crippen molar-refractivity contribution >= 4 is 27.4 Å². The van der Waals surface area contributed by atoms with Crippen molar-refractivity contribution in [2.45, 2.75) is 31.8 Å². The van der Waals surface area contributed by atoms with Crippen molar-refractivity contribution in [2.24, 2.45) is 0 Å². The van der Waals surface area contributed by atoms with E-state index in [1.54, 1.807) is 13.8 Å². The van der Waals surface area contributed by atoms with Gasteiger partial charge in [-0.3, -0.25) is 14.8 Å². The number of esters is 1. The summed E-state index contributed by atoms with van der Waals surface area (Å²) in [4.78, 5) is 22.2. The maximum Gasteiger partial charge on any atom is 0.338 e. The Hall–Kier alpha value is -3.14. The van der Waals surface area contributed by atoms with E-state index in [-0.39, 0.29) is 33.7 Å². The molecule has 150 valence electrons. The Bertz CT molecular complexity index is 1020. The smallest absolute Gasteiger partial charge is 0.338 e. The van der Waals surface area contributed by atoms with Gasteiger partial charge in [0.1, 0.15) is 5.75 Å². The number of anilines is 1. The Morgan fingerprint density at radius 3 is 2.43 bits per heavy atom. The van der Waals surface area contributed by atoms with E-state index in [0.29, 0.717) is 5.56 Å². The molecule has 2 rings (SSSR count). The largest absolute Gasteiger partial charge is 0.495 e. The highest BCUT2D eigenvalue weighted by Crippen LogP contribution is 2.30. The molecule has 0 spiro atoms. The van der Waals surface area contributed by atoms with Crippen LogP contribution in [0.25, 0.3) is 0 Å². The number of ether oxygens (including phenoxy) is 2. The fourth-order valence-electron chi connectivity index (χ4n) is 2.35. The lowest BCUT2D eigenvalue weighted by Gasteiger charge is -2.14. The van der Waals surface area contributed by atoms with Gasteiger partial charge in [-0.25, -0.2) is 13.2 Å². The van der Waals surface area contributed by atoms with Gasteiger partial charge in [0.15, 0.2) is 0 Å². The summed E-state index contributed by atoms with van der Waals surface area (Å²) >= 11 is 0. The van der Waals surface area contributed by atoms with Crippen molar-refractivity contribution in [2.75, 3.05) is 11.8 Å². The molecule has 0 fully saturated rings. The maximum atomic E-state index is 12.7. The summed E-state index contributed by atoms with van der Waals surface area (Å²) < 4.78 is 38.0. The molecule has 0 aliphatic heterocycles. The number of sulfonamides is 1. The number of carbonyl (C=O) groups excluding carboxylic acids is 1. The zero-order chi connectivity index (χ0) is 21.1. The Morgan fingerprint density at radius 1 is 1.18 bits per heavy atom. The molecule has 0 radical (unpaired) electrons. The molecule has 1 N–H and O–H groups in total. The average Bonchev–Trinajstić information content (AvgIpc) is 2.60. The van der Waals surface area contributed by atoms with Crippen molar-refractivity contribution in [1.82, 2.24) is 0 Å². The van der Waals surface area contributed by atoms with Gasteiger partial charge in [-0.05, 0) is 45.0 Å². The molecule has 0 saturated heterocycles. The fourth-order valence-corrected chi connectivity index (χ4v) is 3.43. The zero-order valence-corrected chi connectivity index (χ0v) is 16.6. The number of nitrogens with zero attached hydrogens (tertiary/aromatic N) is 1. The Balaban J connectivity index is 2.44. The lowest BCUT2D eigenvalue weighted by Crippen LogP contribution is -2.16. The van der Waals surface area contributed by atoms with Gasteiger partial charge in [-0.15, -0.1) is 0 Å². The van der Waals surface area contributed by atoms with Crippen molar-refractivity contribution in [3.63, 3.8) is 0 Å². The Kier molecular flexibility index (Phi) is 6.24. The number of carbonyl (C=O) groups is 1. The van der Waals surface area contributed by atoms with Crippen molar-refractivity contribution in [3.05, 3.63) is 57.6 Å². The average molecular weight is 408 g/mol. The molecule has 0 aromatic heterocycles. The number of aryl methyl sites for hydroxylation is 1. The highest BCUT2D eigenvalue weighted by atomic mass is 32.2. The summed E-state index contributed by atoms with van der Waals surface area (Å²) in [6.45, 7) is 4.89. The SMILES string of the molecule is COc1ccc(C(=O)OC(C)C)cc1NS(=O)(=O)c1ccc(C)c([N+](=O)[O-])c1. The molecule has 0 atom stereocenters. The van der Waals surface area contributed by atoms with E-state index >= 15 is 0 Å². The standard InChI is InChI=1S/C18H20N2O7S/c1-11(2)27-18(21)13-6-8-17(26-4)15(9-13)19-28(24,25)14-7-5-12(3)16(10-14)20(22)23/h5-11,19H,1-4H3. The van der Waals surface area contributed by atoms with Crippen molar-refractivity contribution in [3.8, 4) is 5.75 Å². The van der Waals surface area contributed by atoms with Crippen LogP contribution in [0.3, 0.4) is 0 Å². The first-order valence-electron chi connectivity index (χ1n) is 8.22. The van der Waals surface area contributed by atoms with Crippen molar-refractivity contribution in [1.29, 1.82) is 0 Å². The number of nitro groups is 1. The molecular formula is C18H20N2O7S. The van der Waals surface area contributed by atoms with Gasteiger partial charge in [0.25, 0.3) is 15.7 Å². The molecule has 9 nitrogen and oxygen atoms in total. The molecule has 10 heteroatoms. The molecule has 2 aromatic carbocycles. The summed E-state index contributed by atoms with van der Waals surface area (Å²) in [6.07, 6.45) is -0.345. The summed E-state index contributed by atoms with van der Waals surface area (Å²) in [5, 5.41) is 11.1. The molecule has 0 unspecified atom stereocenters. The van der Waals surface area contributed by atoms with E-state index in [2.05, 4.69) is 4.72 Å². The van der Waals surface area contributed by atoms with Gasteiger partial charge >= 0.3 is 5.97 Å². The lowest BCUT2D eigenvalue weighted by atomic mass is 10.2. The quantitative estimate of drug-likeness (QED) is 0.423. The molecular weight excluding hydrogens is 388 g/mol.